The van der Waals surface area contributed by atoms with Crippen LogP contribution in [0.4, 0.5) is 0 Å². The highest BCUT2D eigenvalue weighted by Crippen LogP contribution is 2.09. The van der Waals surface area contributed by atoms with Crippen molar-refractivity contribution in [2.24, 2.45) is 0 Å². The summed E-state index contributed by atoms with van der Waals surface area (Å²) in [6.45, 7) is 4.21. The molecule has 0 bridgehead atoms. The largest absolute Gasteiger partial charge is 0.122 e. The van der Waals surface area contributed by atoms with Crippen LogP contribution in [0.25, 0.3) is 0 Å². The zero-order valence-corrected chi connectivity index (χ0v) is 9.25. The Hall–Kier alpha value is 0.0600. The molecule has 0 aliphatic heterocycles. The molecule has 0 amide bonds. The van der Waals surface area contributed by atoms with Crippen LogP contribution in [-0.2, 0) is 0 Å². The molecule has 0 heterocycles. The molecule has 0 rings (SSSR count). The molecule has 0 aliphatic rings. The molecule has 0 aliphatic carbocycles. The molecule has 0 fully saturated rings. The van der Waals surface area contributed by atoms with Crippen LogP contribution in [0.15, 0.2) is 23.3 Å². The molecule has 0 saturated carbocycles. The molecule has 0 aromatic rings. The molecule has 0 atom stereocenters. The number of rotatable bonds is 5. The van der Waals surface area contributed by atoms with Gasteiger partial charge in [-0.3, -0.25) is 0 Å². The van der Waals surface area contributed by atoms with Gasteiger partial charge in [-0.1, -0.05) is 23.3 Å². The predicted octanol–water partition coefficient (Wildman–Crippen LogP) is 4.14. The summed E-state index contributed by atoms with van der Waals surface area (Å²) in [6.07, 6.45) is 6.31. The Morgan fingerprint density at radius 1 is 1.17 bits per heavy atom. The summed E-state index contributed by atoms with van der Waals surface area (Å²) in [5.41, 5.74) is 2.60. The summed E-state index contributed by atoms with van der Waals surface area (Å²) in [5.74, 6) is 1.17. The van der Waals surface area contributed by atoms with Crippen molar-refractivity contribution in [2.45, 2.75) is 26.7 Å². The van der Waals surface area contributed by atoms with Gasteiger partial charge in [0, 0.05) is 11.8 Å². The lowest BCUT2D eigenvalue weighted by Crippen LogP contribution is -1.85. The second-order valence-corrected chi connectivity index (χ2v) is 3.55. The second-order valence-electron chi connectivity index (χ2n) is 2.97. The van der Waals surface area contributed by atoms with Crippen molar-refractivity contribution in [3.05, 3.63) is 23.3 Å². The van der Waals surface area contributed by atoms with Crippen LogP contribution in [0.2, 0.25) is 0 Å². The van der Waals surface area contributed by atoms with Crippen molar-refractivity contribution >= 4 is 23.2 Å². The first kappa shape index (κ1) is 12.1. The summed E-state index contributed by atoms with van der Waals surface area (Å²) >= 11 is 11.3. The molecule has 0 aromatic heterocycles. The van der Waals surface area contributed by atoms with Crippen LogP contribution in [0.1, 0.15) is 26.7 Å². The van der Waals surface area contributed by atoms with Crippen LogP contribution in [0, 0.1) is 0 Å². The molecular formula is C10H16Cl2. The van der Waals surface area contributed by atoms with E-state index in [1.54, 1.807) is 0 Å². The molecule has 0 nitrogen and oxygen atoms in total. The lowest BCUT2D eigenvalue weighted by molar-refractivity contribution is 0.966. The molecular weight excluding hydrogens is 191 g/mol. The second kappa shape index (κ2) is 7.70. The van der Waals surface area contributed by atoms with E-state index in [9.17, 15) is 0 Å². The maximum absolute atomic E-state index is 5.71. The summed E-state index contributed by atoms with van der Waals surface area (Å²) in [6, 6.07) is 0. The SMILES string of the molecule is CC(C)=CCCC(=CCCl)CCl. The van der Waals surface area contributed by atoms with E-state index in [1.807, 2.05) is 6.08 Å². The van der Waals surface area contributed by atoms with Gasteiger partial charge in [0.2, 0.25) is 0 Å². The highest BCUT2D eigenvalue weighted by Gasteiger charge is 1.92. The van der Waals surface area contributed by atoms with Gasteiger partial charge in [-0.15, -0.1) is 23.2 Å². The molecule has 70 valence electrons. The predicted molar refractivity (Wildman–Crippen MR) is 58.2 cm³/mol. The average molecular weight is 207 g/mol. The van der Waals surface area contributed by atoms with Crippen molar-refractivity contribution in [1.29, 1.82) is 0 Å². The first-order valence-corrected chi connectivity index (χ1v) is 5.20. The van der Waals surface area contributed by atoms with Gasteiger partial charge in [-0.25, -0.2) is 0 Å². The van der Waals surface area contributed by atoms with Gasteiger partial charge in [0.05, 0.1) is 0 Å². The highest BCUT2D eigenvalue weighted by atomic mass is 35.5. The molecule has 0 saturated heterocycles. The smallest absolute Gasteiger partial charge is 0.0434 e. The van der Waals surface area contributed by atoms with Crippen LogP contribution < -0.4 is 0 Å². The molecule has 0 aromatic carbocycles. The van der Waals surface area contributed by atoms with Gasteiger partial charge in [0.25, 0.3) is 0 Å². The Kier molecular flexibility index (Phi) is 7.73. The quantitative estimate of drug-likeness (QED) is 0.469. The maximum Gasteiger partial charge on any atom is 0.0434 e. The Morgan fingerprint density at radius 2 is 1.83 bits per heavy atom. The lowest BCUT2D eigenvalue weighted by Gasteiger charge is -1.99. The Balaban J connectivity index is 3.74. The van der Waals surface area contributed by atoms with Crippen LogP contribution in [-0.4, -0.2) is 11.8 Å². The molecule has 0 radical (unpaired) electrons. The zero-order chi connectivity index (χ0) is 9.40. The van der Waals surface area contributed by atoms with Gasteiger partial charge in [-0.05, 0) is 26.7 Å². The number of alkyl halides is 2. The van der Waals surface area contributed by atoms with Crippen molar-refractivity contribution in [3.8, 4) is 0 Å². The third-order valence-corrected chi connectivity index (χ3v) is 2.05. The summed E-state index contributed by atoms with van der Waals surface area (Å²) < 4.78 is 0. The monoisotopic (exact) mass is 206 g/mol. The topological polar surface area (TPSA) is 0 Å². The molecule has 0 spiro atoms. The van der Waals surface area contributed by atoms with Crippen LogP contribution >= 0.6 is 23.2 Å². The Morgan fingerprint density at radius 3 is 2.25 bits per heavy atom. The van der Waals surface area contributed by atoms with Gasteiger partial charge in [0.15, 0.2) is 0 Å². The first-order chi connectivity index (χ1) is 5.70. The minimum absolute atomic E-state index is 0.566. The molecule has 2 heteroatoms. The fourth-order valence-electron chi connectivity index (χ4n) is 0.879. The standard InChI is InChI=1S/C10H16Cl2/c1-9(2)4-3-5-10(8-12)6-7-11/h4,6H,3,5,7-8H2,1-2H3. The Bertz CT molecular complexity index is 165. The van der Waals surface area contributed by atoms with Crippen molar-refractivity contribution in [2.75, 3.05) is 11.8 Å². The normalized spacial score (nSPS) is 11.5. The van der Waals surface area contributed by atoms with Crippen molar-refractivity contribution < 1.29 is 0 Å². The van der Waals surface area contributed by atoms with E-state index in [0.717, 1.165) is 12.8 Å². The van der Waals surface area contributed by atoms with E-state index < -0.39 is 0 Å². The highest BCUT2D eigenvalue weighted by molar-refractivity contribution is 6.20. The summed E-state index contributed by atoms with van der Waals surface area (Å²) in [5, 5.41) is 0. The number of halogens is 2. The molecule has 12 heavy (non-hydrogen) atoms. The van der Waals surface area contributed by atoms with Gasteiger partial charge < -0.3 is 0 Å². The van der Waals surface area contributed by atoms with Crippen molar-refractivity contribution in [1.82, 2.24) is 0 Å². The first-order valence-electron chi connectivity index (χ1n) is 4.14. The van der Waals surface area contributed by atoms with E-state index in [-0.39, 0.29) is 0 Å². The van der Waals surface area contributed by atoms with E-state index >= 15 is 0 Å². The third-order valence-electron chi connectivity index (χ3n) is 1.56. The van der Waals surface area contributed by atoms with Crippen molar-refractivity contribution in [3.63, 3.8) is 0 Å². The number of hydrogen-bond acceptors (Lipinski definition) is 0. The zero-order valence-electron chi connectivity index (χ0n) is 7.74. The minimum Gasteiger partial charge on any atom is -0.122 e. The fourth-order valence-corrected chi connectivity index (χ4v) is 1.34. The van der Waals surface area contributed by atoms with Crippen LogP contribution in [0.5, 0.6) is 0 Å². The van der Waals surface area contributed by atoms with Gasteiger partial charge in [-0.2, -0.15) is 0 Å². The number of allylic oxidation sites excluding steroid dienone is 4. The van der Waals surface area contributed by atoms with Gasteiger partial charge >= 0.3 is 0 Å². The van der Waals surface area contributed by atoms with E-state index in [0.29, 0.717) is 11.8 Å². The maximum atomic E-state index is 5.71. The lowest BCUT2D eigenvalue weighted by atomic mass is 10.1. The number of hydrogen-bond donors (Lipinski definition) is 0. The van der Waals surface area contributed by atoms with Crippen LogP contribution in [0.3, 0.4) is 0 Å². The Labute approximate surface area is 85.3 Å². The average Bonchev–Trinajstić information content (AvgIpc) is 2.02. The summed E-state index contributed by atoms with van der Waals surface area (Å²) in [4.78, 5) is 0. The van der Waals surface area contributed by atoms with E-state index in [1.165, 1.54) is 11.1 Å². The van der Waals surface area contributed by atoms with E-state index in [4.69, 9.17) is 23.2 Å². The summed E-state index contributed by atoms with van der Waals surface area (Å²) in [7, 11) is 0. The fraction of sp³-hybridized carbons (Fsp3) is 0.600. The molecule has 0 N–H and O–H groups in total. The minimum atomic E-state index is 0.566. The molecule has 0 unspecified atom stereocenters. The van der Waals surface area contributed by atoms with Gasteiger partial charge in [0.1, 0.15) is 0 Å². The third kappa shape index (κ3) is 6.75. The van der Waals surface area contributed by atoms with E-state index in [2.05, 4.69) is 19.9 Å².